The van der Waals surface area contributed by atoms with Crippen LogP contribution in [0.4, 0.5) is 5.69 Å². The highest BCUT2D eigenvalue weighted by atomic mass is 16.5. The molecule has 8 heteroatoms. The maximum absolute atomic E-state index is 12.3. The number of piperazine rings is 1. The molecule has 0 saturated carbocycles. The highest BCUT2D eigenvalue weighted by Crippen LogP contribution is 2.30. The number of aryl methyl sites for hydroxylation is 1. The third-order valence-electron chi connectivity index (χ3n) is 6.84. The highest BCUT2D eigenvalue weighted by Gasteiger charge is 2.25. The van der Waals surface area contributed by atoms with E-state index in [-0.39, 0.29) is 5.75 Å². The molecular formula is C29H30N4O4. The molecule has 0 radical (unpaired) electrons. The van der Waals surface area contributed by atoms with E-state index in [0.29, 0.717) is 30.0 Å². The Kier molecular flexibility index (Phi) is 6.94. The normalized spacial score (nSPS) is 14.9. The van der Waals surface area contributed by atoms with Crippen LogP contribution < -0.4 is 15.3 Å². The Morgan fingerprint density at radius 1 is 0.946 bits per heavy atom. The Bertz CT molecular complexity index is 1440. The lowest BCUT2D eigenvalue weighted by Crippen LogP contribution is -2.47. The molecule has 4 aromatic rings. The van der Waals surface area contributed by atoms with Gasteiger partial charge >= 0.3 is 5.69 Å². The summed E-state index contributed by atoms with van der Waals surface area (Å²) >= 11 is 0. The van der Waals surface area contributed by atoms with Crippen molar-refractivity contribution >= 4 is 5.69 Å². The third kappa shape index (κ3) is 5.21. The van der Waals surface area contributed by atoms with Gasteiger partial charge in [0.1, 0.15) is 17.7 Å². The van der Waals surface area contributed by atoms with Gasteiger partial charge in [-0.1, -0.05) is 36.4 Å². The molecule has 1 atom stereocenters. The van der Waals surface area contributed by atoms with Gasteiger partial charge < -0.3 is 24.8 Å². The van der Waals surface area contributed by atoms with Crippen molar-refractivity contribution in [2.75, 3.05) is 38.2 Å². The van der Waals surface area contributed by atoms with E-state index in [9.17, 15) is 15.0 Å². The average Bonchev–Trinajstić information content (AvgIpc) is 2.94. The summed E-state index contributed by atoms with van der Waals surface area (Å²) in [6, 6.07) is 22.5. The maximum Gasteiger partial charge on any atom is 0.345 e. The van der Waals surface area contributed by atoms with Gasteiger partial charge in [-0.05, 0) is 60.0 Å². The molecule has 8 nitrogen and oxygen atoms in total. The number of hydrogen-bond acceptors (Lipinski definition) is 7. The SMILES string of the molecule is COc1ccccc1N1CCN(C(O)c2ccc(-c3cc(-c4ccc(O)c(C)c4)nc(=O)[nH]3)cc2)CC1. The molecule has 3 aromatic carbocycles. The minimum atomic E-state index is -0.721. The van der Waals surface area contributed by atoms with Crippen LogP contribution in [0.1, 0.15) is 17.4 Å². The van der Waals surface area contributed by atoms with Gasteiger partial charge in [-0.3, -0.25) is 4.90 Å². The number of benzene rings is 3. The number of ether oxygens (including phenoxy) is 1. The Morgan fingerprint density at radius 2 is 1.65 bits per heavy atom. The van der Waals surface area contributed by atoms with Crippen molar-refractivity contribution in [1.82, 2.24) is 14.9 Å². The predicted octanol–water partition coefficient (Wildman–Crippen LogP) is 3.94. The molecular weight excluding hydrogens is 468 g/mol. The quantitative estimate of drug-likeness (QED) is 0.370. The Labute approximate surface area is 215 Å². The molecule has 0 spiro atoms. The lowest BCUT2D eigenvalue weighted by atomic mass is 10.0. The molecule has 2 heterocycles. The number of methoxy groups -OCH3 is 1. The number of H-pyrrole nitrogens is 1. The Hall–Kier alpha value is -4.14. The first-order valence-electron chi connectivity index (χ1n) is 12.2. The first-order chi connectivity index (χ1) is 17.9. The van der Waals surface area contributed by atoms with Crippen LogP contribution >= 0.6 is 0 Å². The molecule has 1 aromatic heterocycles. The second-order valence-electron chi connectivity index (χ2n) is 9.18. The summed E-state index contributed by atoms with van der Waals surface area (Å²) in [5.41, 5.74) is 4.84. The molecule has 1 unspecified atom stereocenters. The van der Waals surface area contributed by atoms with Crippen LogP contribution in [0.15, 0.2) is 77.6 Å². The molecule has 190 valence electrons. The number of anilines is 1. The van der Waals surface area contributed by atoms with Gasteiger partial charge in [-0.2, -0.15) is 4.98 Å². The van der Waals surface area contributed by atoms with E-state index in [1.807, 2.05) is 48.5 Å². The summed E-state index contributed by atoms with van der Waals surface area (Å²) in [5, 5.41) is 20.9. The zero-order valence-corrected chi connectivity index (χ0v) is 20.9. The minimum absolute atomic E-state index is 0.198. The van der Waals surface area contributed by atoms with Crippen molar-refractivity contribution in [2.45, 2.75) is 13.2 Å². The van der Waals surface area contributed by atoms with Crippen LogP contribution in [0.5, 0.6) is 11.5 Å². The topological polar surface area (TPSA) is 102 Å². The van der Waals surface area contributed by atoms with Crippen molar-refractivity contribution < 1.29 is 14.9 Å². The molecule has 0 aliphatic carbocycles. The summed E-state index contributed by atoms with van der Waals surface area (Å²) in [4.78, 5) is 23.5. The van der Waals surface area contributed by atoms with Gasteiger partial charge in [0.15, 0.2) is 0 Å². The van der Waals surface area contributed by atoms with Gasteiger partial charge in [-0.15, -0.1) is 0 Å². The van der Waals surface area contributed by atoms with Crippen molar-refractivity contribution in [1.29, 1.82) is 0 Å². The van der Waals surface area contributed by atoms with Gasteiger partial charge in [0.2, 0.25) is 0 Å². The Balaban J connectivity index is 1.29. The third-order valence-corrected chi connectivity index (χ3v) is 6.84. The predicted molar refractivity (Wildman–Crippen MR) is 144 cm³/mol. The fraction of sp³-hybridized carbons (Fsp3) is 0.241. The number of aromatic hydroxyl groups is 1. The van der Waals surface area contributed by atoms with Crippen LogP contribution in [-0.4, -0.2) is 58.4 Å². The summed E-state index contributed by atoms with van der Waals surface area (Å²) in [6.07, 6.45) is -0.721. The first kappa shape index (κ1) is 24.5. The summed E-state index contributed by atoms with van der Waals surface area (Å²) in [6.45, 7) is 4.80. The lowest BCUT2D eigenvalue weighted by molar-refractivity contribution is -0.00163. The number of phenols is 1. The number of nitrogens with one attached hydrogen (secondary N) is 1. The van der Waals surface area contributed by atoms with Crippen molar-refractivity contribution in [3.05, 3.63) is 94.4 Å². The van der Waals surface area contributed by atoms with Crippen LogP contribution in [0.2, 0.25) is 0 Å². The molecule has 1 saturated heterocycles. The van der Waals surface area contributed by atoms with Crippen LogP contribution in [0.3, 0.4) is 0 Å². The molecule has 37 heavy (non-hydrogen) atoms. The zero-order valence-electron chi connectivity index (χ0n) is 20.9. The van der Waals surface area contributed by atoms with Crippen molar-refractivity contribution in [2.24, 2.45) is 0 Å². The van der Waals surface area contributed by atoms with Gasteiger partial charge in [0.05, 0.1) is 24.2 Å². The number of rotatable bonds is 6. The fourth-order valence-electron chi connectivity index (χ4n) is 4.72. The van der Waals surface area contributed by atoms with Crippen LogP contribution in [0.25, 0.3) is 22.5 Å². The summed E-state index contributed by atoms with van der Waals surface area (Å²) < 4.78 is 5.50. The van der Waals surface area contributed by atoms with Crippen LogP contribution in [-0.2, 0) is 0 Å². The molecule has 0 bridgehead atoms. The molecule has 5 rings (SSSR count). The minimum Gasteiger partial charge on any atom is -0.508 e. The lowest BCUT2D eigenvalue weighted by Gasteiger charge is -2.38. The second kappa shape index (κ2) is 10.5. The molecule has 1 aliphatic rings. The van der Waals surface area contributed by atoms with E-state index < -0.39 is 11.9 Å². The standard InChI is InChI=1S/C29H30N4O4/c1-19-17-22(11-12-26(19)34)24-18-23(30-29(36)31-24)20-7-9-21(10-8-20)28(35)33-15-13-32(14-16-33)25-5-3-4-6-27(25)37-2/h3-12,17-18,28,34-35H,13-16H2,1-2H3,(H,30,31,36). The number of para-hydroxylation sites is 2. The van der Waals surface area contributed by atoms with E-state index in [1.165, 1.54) is 0 Å². The number of nitrogens with zero attached hydrogens (tertiary/aromatic N) is 3. The molecule has 0 amide bonds. The molecule has 1 fully saturated rings. The van der Waals surface area contributed by atoms with E-state index in [0.717, 1.165) is 41.2 Å². The van der Waals surface area contributed by atoms with Crippen LogP contribution in [0, 0.1) is 6.92 Å². The largest absolute Gasteiger partial charge is 0.508 e. The van der Waals surface area contributed by atoms with E-state index >= 15 is 0 Å². The van der Waals surface area contributed by atoms with Gasteiger partial charge in [-0.25, -0.2) is 4.79 Å². The summed E-state index contributed by atoms with van der Waals surface area (Å²) in [5.74, 6) is 1.05. The van der Waals surface area contributed by atoms with Gasteiger partial charge in [0.25, 0.3) is 0 Å². The molecule has 1 aliphatic heterocycles. The van der Waals surface area contributed by atoms with Crippen molar-refractivity contribution in [3.8, 4) is 34.0 Å². The Morgan fingerprint density at radius 3 is 2.35 bits per heavy atom. The smallest absolute Gasteiger partial charge is 0.345 e. The number of phenolic OH excluding ortho intramolecular Hbond substituents is 1. The number of hydrogen-bond donors (Lipinski definition) is 3. The highest BCUT2D eigenvalue weighted by molar-refractivity contribution is 5.68. The van der Waals surface area contributed by atoms with E-state index in [1.54, 1.807) is 32.2 Å². The van der Waals surface area contributed by atoms with Gasteiger partial charge in [0, 0.05) is 31.7 Å². The second-order valence-corrected chi connectivity index (χ2v) is 9.18. The monoisotopic (exact) mass is 498 g/mol. The number of aromatic nitrogens is 2. The average molecular weight is 499 g/mol. The zero-order chi connectivity index (χ0) is 25.9. The first-order valence-corrected chi connectivity index (χ1v) is 12.2. The fourth-order valence-corrected chi connectivity index (χ4v) is 4.72. The number of aliphatic hydroxyl groups is 1. The van der Waals surface area contributed by atoms with E-state index in [4.69, 9.17) is 4.74 Å². The van der Waals surface area contributed by atoms with Crippen molar-refractivity contribution in [3.63, 3.8) is 0 Å². The van der Waals surface area contributed by atoms with E-state index in [2.05, 4.69) is 25.8 Å². The molecule has 3 N–H and O–H groups in total. The number of aliphatic hydroxyl groups excluding tert-OH is 1. The summed E-state index contributed by atoms with van der Waals surface area (Å²) in [7, 11) is 1.68. The maximum atomic E-state index is 12.3. The number of aromatic amines is 1.